The molecule has 0 bridgehead atoms. The Morgan fingerprint density at radius 3 is 2.88 bits per heavy atom. The average Bonchev–Trinajstić information content (AvgIpc) is 2.84. The predicted octanol–water partition coefficient (Wildman–Crippen LogP) is 2.45. The van der Waals surface area contributed by atoms with Crippen molar-refractivity contribution in [2.45, 2.75) is 69.9 Å². The molecule has 2 aliphatic heterocycles. The van der Waals surface area contributed by atoms with Crippen LogP contribution in [0, 0.1) is 22.7 Å². The van der Waals surface area contributed by atoms with Crippen LogP contribution in [0.25, 0.3) is 0 Å². The fourth-order valence-electron chi connectivity index (χ4n) is 4.92. The van der Waals surface area contributed by atoms with Gasteiger partial charge in [-0.1, -0.05) is 6.07 Å². The lowest BCUT2D eigenvalue weighted by molar-refractivity contribution is -0.145. The summed E-state index contributed by atoms with van der Waals surface area (Å²) in [6.07, 6.45) is 7.06. The Morgan fingerprint density at radius 2 is 2.15 bits per heavy atom. The van der Waals surface area contributed by atoms with Gasteiger partial charge in [0.15, 0.2) is 0 Å². The number of nitrogens with one attached hydrogen (secondary N) is 2. The van der Waals surface area contributed by atoms with Crippen LogP contribution in [0.1, 0.15) is 56.2 Å². The number of carboxylic acid groups (broad SMARTS) is 1. The molecule has 2 fully saturated rings. The Bertz CT molecular complexity index is 918. The van der Waals surface area contributed by atoms with Crippen LogP contribution in [0.2, 0.25) is 0 Å². The Hall–Kier alpha value is -2.70. The van der Waals surface area contributed by atoms with E-state index in [1.165, 1.54) is 5.56 Å². The number of carbonyl (C=O) groups excluding carboxylic acids is 1. The van der Waals surface area contributed by atoms with Crippen molar-refractivity contribution in [3.05, 3.63) is 23.4 Å². The molecule has 1 saturated heterocycles. The van der Waals surface area contributed by atoms with Crippen LogP contribution in [-0.2, 0) is 31.9 Å². The van der Waals surface area contributed by atoms with Crippen LogP contribution >= 0.6 is 0 Å². The van der Waals surface area contributed by atoms with Gasteiger partial charge in [-0.3, -0.25) is 4.79 Å². The monoisotopic (exact) mass is 470 g/mol. The first-order valence-electron chi connectivity index (χ1n) is 12.4. The molecule has 1 aromatic rings. The van der Waals surface area contributed by atoms with Gasteiger partial charge in [-0.15, -0.1) is 0 Å². The number of pyridine rings is 1. The first-order valence-corrected chi connectivity index (χ1v) is 12.4. The summed E-state index contributed by atoms with van der Waals surface area (Å²) in [4.78, 5) is 29.0. The normalized spacial score (nSPS) is 24.0. The third kappa shape index (κ3) is 5.86. The van der Waals surface area contributed by atoms with Crippen molar-refractivity contribution in [2.24, 2.45) is 11.3 Å². The van der Waals surface area contributed by atoms with Crippen LogP contribution in [0.15, 0.2) is 12.1 Å². The number of nitriles is 1. The summed E-state index contributed by atoms with van der Waals surface area (Å²) in [5.74, 6) is -0.0121. The highest BCUT2D eigenvalue weighted by atomic mass is 16.5. The van der Waals surface area contributed by atoms with Crippen LogP contribution in [0.5, 0.6) is 0 Å². The van der Waals surface area contributed by atoms with E-state index in [4.69, 9.17) is 14.5 Å². The zero-order chi connectivity index (χ0) is 24.0. The fraction of sp³-hybridized carbons (Fsp3) is 0.680. The highest BCUT2D eigenvalue weighted by molar-refractivity contribution is 5.89. The second-order valence-electron chi connectivity index (χ2n) is 9.67. The van der Waals surface area contributed by atoms with Gasteiger partial charge in [-0.2, -0.15) is 5.26 Å². The molecule has 0 spiro atoms. The standard InChI is InChI=1S/C25H34N4O5/c26-16-25(8-12-33-13-9-25)24(32)29-21(23(30)31)7-11-34-20-14-17(15-20)3-5-19-6-4-18-2-1-10-27-22(18)28-19/h4,6,17,20-21H,1-3,5,7-15H2,(H,27,28)(H,29,32)(H,30,31)/t17-,20-,21-/m0/s1. The summed E-state index contributed by atoms with van der Waals surface area (Å²) in [6, 6.07) is 5.33. The third-order valence-electron chi connectivity index (χ3n) is 7.31. The van der Waals surface area contributed by atoms with E-state index in [-0.39, 0.29) is 32.0 Å². The van der Waals surface area contributed by atoms with E-state index in [1.807, 2.05) is 0 Å². The third-order valence-corrected chi connectivity index (χ3v) is 7.31. The molecule has 1 saturated carbocycles. The molecule has 1 aromatic heterocycles. The van der Waals surface area contributed by atoms with Crippen molar-refractivity contribution in [1.82, 2.24) is 10.3 Å². The van der Waals surface area contributed by atoms with Gasteiger partial charge in [0.1, 0.15) is 17.3 Å². The van der Waals surface area contributed by atoms with Gasteiger partial charge in [-0.25, -0.2) is 9.78 Å². The number of hydrogen-bond acceptors (Lipinski definition) is 7. The summed E-state index contributed by atoms with van der Waals surface area (Å²) in [6.45, 7) is 1.90. The molecule has 0 radical (unpaired) electrons. The molecule has 9 heteroatoms. The molecule has 1 amide bonds. The number of carboxylic acids is 1. The van der Waals surface area contributed by atoms with E-state index in [9.17, 15) is 20.0 Å². The van der Waals surface area contributed by atoms with E-state index < -0.39 is 23.3 Å². The van der Waals surface area contributed by atoms with Crippen LogP contribution in [0.4, 0.5) is 5.82 Å². The zero-order valence-electron chi connectivity index (χ0n) is 19.6. The highest BCUT2D eigenvalue weighted by Crippen LogP contribution is 2.34. The van der Waals surface area contributed by atoms with Crippen molar-refractivity contribution in [1.29, 1.82) is 5.26 Å². The number of anilines is 1. The van der Waals surface area contributed by atoms with Crippen molar-refractivity contribution in [3.63, 3.8) is 0 Å². The molecule has 1 atom stereocenters. The van der Waals surface area contributed by atoms with Crippen LogP contribution < -0.4 is 10.6 Å². The van der Waals surface area contributed by atoms with E-state index in [2.05, 4.69) is 28.8 Å². The second kappa shape index (κ2) is 11.2. The van der Waals surface area contributed by atoms with E-state index in [0.717, 1.165) is 56.6 Å². The molecule has 0 aromatic carbocycles. The number of amides is 1. The largest absolute Gasteiger partial charge is 0.480 e. The van der Waals surface area contributed by atoms with Crippen molar-refractivity contribution < 1.29 is 24.2 Å². The lowest BCUT2D eigenvalue weighted by Gasteiger charge is -2.35. The molecule has 3 aliphatic rings. The maximum absolute atomic E-state index is 12.6. The maximum atomic E-state index is 12.6. The van der Waals surface area contributed by atoms with Gasteiger partial charge < -0.3 is 25.2 Å². The Kier molecular flexibility index (Phi) is 8.01. The maximum Gasteiger partial charge on any atom is 0.326 e. The van der Waals surface area contributed by atoms with Crippen LogP contribution in [0.3, 0.4) is 0 Å². The van der Waals surface area contributed by atoms with Gasteiger partial charge in [0.2, 0.25) is 5.91 Å². The van der Waals surface area contributed by atoms with Crippen molar-refractivity contribution in [2.75, 3.05) is 31.7 Å². The molecule has 184 valence electrons. The highest BCUT2D eigenvalue weighted by Gasteiger charge is 2.42. The van der Waals surface area contributed by atoms with Crippen LogP contribution in [-0.4, -0.2) is 60.5 Å². The first kappa shape index (κ1) is 24.4. The zero-order valence-corrected chi connectivity index (χ0v) is 19.6. The molecule has 9 nitrogen and oxygen atoms in total. The number of aryl methyl sites for hydroxylation is 2. The number of carbonyl (C=O) groups is 2. The average molecular weight is 471 g/mol. The lowest BCUT2D eigenvalue weighted by Crippen LogP contribution is -2.50. The van der Waals surface area contributed by atoms with Crippen molar-refractivity contribution >= 4 is 17.7 Å². The first-order chi connectivity index (χ1) is 16.5. The number of nitrogens with zero attached hydrogens (tertiary/aromatic N) is 2. The number of aromatic nitrogens is 1. The Morgan fingerprint density at radius 1 is 1.35 bits per heavy atom. The minimum atomic E-state index is -1.21. The fourth-order valence-corrected chi connectivity index (χ4v) is 4.92. The molecule has 3 heterocycles. The summed E-state index contributed by atoms with van der Waals surface area (Å²) in [5, 5.41) is 24.9. The molecule has 34 heavy (non-hydrogen) atoms. The van der Waals surface area contributed by atoms with Gasteiger partial charge in [0.25, 0.3) is 0 Å². The van der Waals surface area contributed by atoms with Gasteiger partial charge in [0.05, 0.1) is 12.2 Å². The molecular weight excluding hydrogens is 436 g/mol. The lowest BCUT2D eigenvalue weighted by atomic mass is 9.79. The Balaban J connectivity index is 1.15. The van der Waals surface area contributed by atoms with E-state index >= 15 is 0 Å². The molecular formula is C25H34N4O5. The quantitative estimate of drug-likeness (QED) is 0.475. The summed E-state index contributed by atoms with van der Waals surface area (Å²) in [5.41, 5.74) is 1.22. The van der Waals surface area contributed by atoms with E-state index in [0.29, 0.717) is 19.1 Å². The minimum Gasteiger partial charge on any atom is -0.480 e. The number of ether oxygens (including phenoxy) is 2. The summed E-state index contributed by atoms with van der Waals surface area (Å²) < 4.78 is 11.1. The number of aliphatic carboxylic acids is 1. The predicted molar refractivity (Wildman–Crippen MR) is 124 cm³/mol. The topological polar surface area (TPSA) is 134 Å². The molecule has 0 unspecified atom stereocenters. The smallest absolute Gasteiger partial charge is 0.326 e. The number of fused-ring (bicyclic) bond motifs is 1. The number of rotatable bonds is 10. The minimum absolute atomic E-state index is 0.134. The van der Waals surface area contributed by atoms with Crippen molar-refractivity contribution in [3.8, 4) is 6.07 Å². The number of hydrogen-bond donors (Lipinski definition) is 3. The molecule has 1 aliphatic carbocycles. The second-order valence-corrected chi connectivity index (χ2v) is 9.67. The van der Waals surface area contributed by atoms with Gasteiger partial charge >= 0.3 is 5.97 Å². The molecule has 4 rings (SSSR count). The van der Waals surface area contributed by atoms with Gasteiger partial charge in [0, 0.05) is 38.5 Å². The summed E-state index contributed by atoms with van der Waals surface area (Å²) in [7, 11) is 0. The van der Waals surface area contributed by atoms with E-state index in [1.54, 1.807) is 0 Å². The summed E-state index contributed by atoms with van der Waals surface area (Å²) >= 11 is 0. The van der Waals surface area contributed by atoms with Gasteiger partial charge in [-0.05, 0) is 68.9 Å². The molecule has 3 N–H and O–H groups in total. The SMILES string of the molecule is N#CC1(C(=O)N[C@@H](CCO[C@H]2C[C@H](CCc3ccc4c(n3)NCCC4)C2)C(=O)O)CCOCC1. The Labute approximate surface area is 200 Å².